The highest BCUT2D eigenvalue weighted by atomic mass is 35.5. The highest BCUT2D eigenvalue weighted by Crippen LogP contribution is 2.34. The second kappa shape index (κ2) is 10.3. The van der Waals surface area contributed by atoms with Gasteiger partial charge in [0.15, 0.2) is 5.17 Å². The van der Waals surface area contributed by atoms with Gasteiger partial charge in [0.05, 0.1) is 11.9 Å². The number of rotatable bonds is 6. The third-order valence-electron chi connectivity index (χ3n) is 4.69. The third kappa shape index (κ3) is 5.79. The number of benzene rings is 3. The molecule has 1 aliphatic rings. The fourth-order valence-corrected chi connectivity index (χ4v) is 4.32. The van der Waals surface area contributed by atoms with Gasteiger partial charge >= 0.3 is 0 Å². The molecule has 1 saturated heterocycles. The van der Waals surface area contributed by atoms with Crippen LogP contribution in [0.25, 0.3) is 0 Å². The molecule has 1 atom stereocenters. The van der Waals surface area contributed by atoms with Gasteiger partial charge in [0.1, 0.15) is 11.0 Å². The van der Waals surface area contributed by atoms with E-state index in [-0.39, 0.29) is 24.0 Å². The molecule has 1 heterocycles. The van der Waals surface area contributed by atoms with Gasteiger partial charge in [-0.2, -0.15) is 5.10 Å². The van der Waals surface area contributed by atoms with Gasteiger partial charge in [-0.05, 0) is 54.1 Å². The molecule has 0 saturated carbocycles. The zero-order valence-electron chi connectivity index (χ0n) is 17.3. The van der Waals surface area contributed by atoms with Crippen molar-refractivity contribution in [1.29, 1.82) is 0 Å². The highest BCUT2D eigenvalue weighted by molar-refractivity contribution is 8.16. The average molecular weight is 479 g/mol. The van der Waals surface area contributed by atoms with Gasteiger partial charge in [-0.3, -0.25) is 14.5 Å². The number of anilines is 2. The number of aromatic hydroxyl groups is 1. The van der Waals surface area contributed by atoms with Crippen LogP contribution < -0.4 is 10.2 Å². The minimum atomic E-state index is -0.660. The summed E-state index contributed by atoms with van der Waals surface area (Å²) in [4.78, 5) is 27.1. The Morgan fingerprint density at radius 3 is 2.45 bits per heavy atom. The Morgan fingerprint density at radius 1 is 1.06 bits per heavy atom. The molecule has 0 aliphatic carbocycles. The molecule has 3 aromatic carbocycles. The monoisotopic (exact) mass is 478 g/mol. The van der Waals surface area contributed by atoms with Crippen LogP contribution in [0.4, 0.5) is 11.4 Å². The molecule has 1 unspecified atom stereocenters. The lowest BCUT2D eigenvalue weighted by Crippen LogP contribution is -2.33. The number of carbonyl (C=O) groups excluding carboxylic acids is 2. The molecule has 3 aromatic rings. The number of hydrogen-bond acceptors (Lipinski definition) is 6. The first kappa shape index (κ1) is 22.6. The number of phenolic OH excluding ortho intramolecular Hbond substituents is 1. The van der Waals surface area contributed by atoms with Crippen molar-refractivity contribution in [3.8, 4) is 5.75 Å². The maximum Gasteiger partial charge on any atom is 0.247 e. The molecule has 2 amide bonds. The number of hydrogen-bond donors (Lipinski definition) is 2. The maximum absolute atomic E-state index is 13.2. The predicted octanol–water partition coefficient (Wildman–Crippen LogP) is 4.91. The molecule has 4 rings (SSSR count). The molecule has 166 valence electrons. The van der Waals surface area contributed by atoms with Crippen molar-refractivity contribution in [2.75, 3.05) is 10.2 Å². The number of halogens is 1. The minimum Gasteiger partial charge on any atom is -0.508 e. The number of amidine groups is 1. The van der Waals surface area contributed by atoms with Gasteiger partial charge in [0, 0.05) is 17.1 Å². The summed E-state index contributed by atoms with van der Waals surface area (Å²) in [6.45, 7) is 0. The van der Waals surface area contributed by atoms with E-state index in [4.69, 9.17) is 11.6 Å². The standard InChI is InChI=1S/C24H19ClN4O3S/c25-17-8-6-16(7-9-17)15-26-28-24-29(19-10-12-20(30)13-11-19)23(32)21(33-24)14-22(31)27-18-4-2-1-3-5-18/h1-13,15,21,30H,14H2,(H,27,31)/b26-15+,28-24+. The summed E-state index contributed by atoms with van der Waals surface area (Å²) in [5, 5.41) is 21.1. The number of phenols is 1. The van der Waals surface area contributed by atoms with Gasteiger partial charge < -0.3 is 10.4 Å². The molecule has 0 radical (unpaired) electrons. The fraction of sp³-hybridized carbons (Fsp3) is 0.0833. The molecular formula is C24H19ClN4O3S. The zero-order valence-corrected chi connectivity index (χ0v) is 18.8. The molecule has 0 spiro atoms. The molecule has 9 heteroatoms. The van der Waals surface area contributed by atoms with E-state index in [0.29, 0.717) is 21.6 Å². The van der Waals surface area contributed by atoms with E-state index in [0.717, 1.165) is 5.56 Å². The fourth-order valence-electron chi connectivity index (χ4n) is 3.10. The summed E-state index contributed by atoms with van der Waals surface area (Å²) in [6, 6.07) is 22.3. The average Bonchev–Trinajstić information content (AvgIpc) is 3.11. The van der Waals surface area contributed by atoms with E-state index >= 15 is 0 Å². The molecule has 1 fully saturated rings. The summed E-state index contributed by atoms with van der Waals surface area (Å²) in [5.74, 6) is -0.478. The van der Waals surface area contributed by atoms with Crippen molar-refractivity contribution in [3.63, 3.8) is 0 Å². The van der Waals surface area contributed by atoms with E-state index in [1.165, 1.54) is 28.8 Å². The number of thioether (sulfide) groups is 1. The number of amides is 2. The lowest BCUT2D eigenvalue weighted by molar-refractivity contribution is -0.121. The first-order chi connectivity index (χ1) is 16.0. The topological polar surface area (TPSA) is 94.4 Å². The van der Waals surface area contributed by atoms with Crippen LogP contribution in [0.3, 0.4) is 0 Å². The number of nitrogens with zero attached hydrogens (tertiary/aromatic N) is 3. The molecule has 1 aliphatic heterocycles. The van der Waals surface area contributed by atoms with E-state index in [2.05, 4.69) is 15.5 Å². The summed E-state index contributed by atoms with van der Waals surface area (Å²) >= 11 is 7.07. The van der Waals surface area contributed by atoms with Gasteiger partial charge in [0.2, 0.25) is 11.8 Å². The second-order valence-electron chi connectivity index (χ2n) is 7.09. The first-order valence-corrected chi connectivity index (χ1v) is 11.3. The number of para-hydroxylation sites is 1. The number of nitrogens with one attached hydrogen (secondary N) is 1. The van der Waals surface area contributed by atoms with Gasteiger partial charge in [-0.15, -0.1) is 5.10 Å². The van der Waals surface area contributed by atoms with Crippen molar-refractivity contribution in [2.24, 2.45) is 10.2 Å². The molecule has 7 nitrogen and oxygen atoms in total. The van der Waals surface area contributed by atoms with Gasteiger partial charge in [0.25, 0.3) is 0 Å². The Bertz CT molecular complexity index is 1200. The summed E-state index contributed by atoms with van der Waals surface area (Å²) in [6.07, 6.45) is 1.53. The Hall–Kier alpha value is -3.62. The van der Waals surface area contributed by atoms with Crippen LogP contribution in [0.2, 0.25) is 5.02 Å². The number of carbonyl (C=O) groups is 2. The normalized spacial score (nSPS) is 17.1. The lowest BCUT2D eigenvalue weighted by atomic mass is 10.2. The van der Waals surface area contributed by atoms with Crippen LogP contribution in [-0.4, -0.2) is 33.6 Å². The largest absolute Gasteiger partial charge is 0.508 e. The first-order valence-electron chi connectivity index (χ1n) is 10.0. The molecular weight excluding hydrogens is 460 g/mol. The van der Waals surface area contributed by atoms with Crippen molar-refractivity contribution in [1.82, 2.24) is 0 Å². The lowest BCUT2D eigenvalue weighted by Gasteiger charge is -2.15. The Balaban J connectivity index is 1.54. The van der Waals surface area contributed by atoms with Crippen LogP contribution in [0, 0.1) is 0 Å². The van der Waals surface area contributed by atoms with E-state index in [9.17, 15) is 14.7 Å². The molecule has 0 aromatic heterocycles. The Morgan fingerprint density at radius 2 is 1.76 bits per heavy atom. The van der Waals surface area contributed by atoms with E-state index < -0.39 is 5.25 Å². The van der Waals surface area contributed by atoms with Gasteiger partial charge in [-0.1, -0.05) is 53.7 Å². The van der Waals surface area contributed by atoms with Crippen molar-refractivity contribution < 1.29 is 14.7 Å². The summed E-state index contributed by atoms with van der Waals surface area (Å²) in [5.41, 5.74) is 1.99. The van der Waals surface area contributed by atoms with Crippen LogP contribution >= 0.6 is 23.4 Å². The molecule has 33 heavy (non-hydrogen) atoms. The molecule has 2 N–H and O–H groups in total. The Labute approximate surface area is 199 Å². The zero-order chi connectivity index (χ0) is 23.2. The highest BCUT2D eigenvalue weighted by Gasteiger charge is 2.40. The predicted molar refractivity (Wildman–Crippen MR) is 133 cm³/mol. The van der Waals surface area contributed by atoms with E-state index in [1.54, 1.807) is 54.7 Å². The van der Waals surface area contributed by atoms with Crippen LogP contribution in [-0.2, 0) is 9.59 Å². The SMILES string of the molecule is O=C(CC1S/C(=N/N=C/c2ccc(Cl)cc2)N(c2ccc(O)cc2)C1=O)Nc1ccccc1. The van der Waals surface area contributed by atoms with Crippen LogP contribution in [0.15, 0.2) is 89.1 Å². The van der Waals surface area contributed by atoms with E-state index in [1.807, 2.05) is 18.2 Å². The van der Waals surface area contributed by atoms with Crippen molar-refractivity contribution in [3.05, 3.63) is 89.4 Å². The Kier molecular flexibility index (Phi) is 7.07. The van der Waals surface area contributed by atoms with Crippen LogP contribution in [0.5, 0.6) is 5.75 Å². The smallest absolute Gasteiger partial charge is 0.247 e. The minimum absolute atomic E-state index is 0.0209. The quantitative estimate of drug-likeness (QED) is 0.388. The summed E-state index contributed by atoms with van der Waals surface area (Å²) in [7, 11) is 0. The van der Waals surface area contributed by atoms with Crippen LogP contribution in [0.1, 0.15) is 12.0 Å². The molecule has 0 bridgehead atoms. The maximum atomic E-state index is 13.2. The third-order valence-corrected chi connectivity index (χ3v) is 6.07. The van der Waals surface area contributed by atoms with Crippen molar-refractivity contribution in [2.45, 2.75) is 11.7 Å². The second-order valence-corrected chi connectivity index (χ2v) is 8.70. The summed E-state index contributed by atoms with van der Waals surface area (Å²) < 4.78 is 0. The van der Waals surface area contributed by atoms with Crippen molar-refractivity contribution >= 4 is 57.9 Å². The van der Waals surface area contributed by atoms with Gasteiger partial charge in [-0.25, -0.2) is 0 Å².